The Hall–Kier alpha value is -0.780. The maximum atomic E-state index is 12.6. The summed E-state index contributed by atoms with van der Waals surface area (Å²) in [6.07, 6.45) is -4.47. The van der Waals surface area contributed by atoms with Crippen molar-refractivity contribution < 1.29 is 17.6 Å². The van der Waals surface area contributed by atoms with Crippen LogP contribution in [0.1, 0.15) is 19.6 Å². The van der Waals surface area contributed by atoms with Crippen molar-refractivity contribution in [3.05, 3.63) is 32.8 Å². The van der Waals surface area contributed by atoms with Crippen LogP contribution in [0.15, 0.2) is 25.8 Å². The molecule has 0 saturated carbocycles. The van der Waals surface area contributed by atoms with E-state index in [-0.39, 0.29) is 4.47 Å². The third kappa shape index (κ3) is 2.42. The van der Waals surface area contributed by atoms with E-state index in [1.807, 2.05) is 0 Å². The van der Waals surface area contributed by atoms with Crippen LogP contribution in [0.25, 0.3) is 0 Å². The fraction of sp³-hybridized carbons (Fsp3) is 0.444. The first-order valence-corrected chi connectivity index (χ1v) is 4.82. The van der Waals surface area contributed by atoms with E-state index in [2.05, 4.69) is 20.3 Å². The lowest BCUT2D eigenvalue weighted by molar-refractivity contribution is -0.185. The SMILES string of the molecule is CC(C)(c1cc(Br)cc(=O)o1)C(F)(F)F. The molecule has 0 atom stereocenters. The zero-order valence-electron chi connectivity index (χ0n) is 7.98. The second-order valence-electron chi connectivity index (χ2n) is 3.58. The van der Waals surface area contributed by atoms with Crippen LogP contribution in [0.4, 0.5) is 13.2 Å². The minimum atomic E-state index is -4.47. The molecular formula is C9H8BrF3O2. The number of hydrogen-bond donors (Lipinski definition) is 0. The van der Waals surface area contributed by atoms with Crippen LogP contribution < -0.4 is 5.63 Å². The van der Waals surface area contributed by atoms with Gasteiger partial charge < -0.3 is 4.42 Å². The molecule has 84 valence electrons. The van der Waals surface area contributed by atoms with Crippen LogP contribution in [-0.4, -0.2) is 6.18 Å². The first kappa shape index (κ1) is 12.3. The van der Waals surface area contributed by atoms with Crippen molar-refractivity contribution >= 4 is 15.9 Å². The van der Waals surface area contributed by atoms with Crippen molar-refractivity contribution in [1.29, 1.82) is 0 Å². The topological polar surface area (TPSA) is 30.2 Å². The Kier molecular flexibility index (Phi) is 3.00. The monoisotopic (exact) mass is 284 g/mol. The lowest BCUT2D eigenvalue weighted by Crippen LogP contribution is -2.36. The van der Waals surface area contributed by atoms with Crippen LogP contribution in [0.2, 0.25) is 0 Å². The van der Waals surface area contributed by atoms with Crippen molar-refractivity contribution in [1.82, 2.24) is 0 Å². The van der Waals surface area contributed by atoms with Gasteiger partial charge in [-0.2, -0.15) is 13.2 Å². The van der Waals surface area contributed by atoms with E-state index in [4.69, 9.17) is 0 Å². The minimum absolute atomic E-state index is 0.270. The highest BCUT2D eigenvalue weighted by Gasteiger charge is 2.50. The normalized spacial score (nSPS) is 12.9. The van der Waals surface area contributed by atoms with Gasteiger partial charge in [0, 0.05) is 10.5 Å². The zero-order valence-corrected chi connectivity index (χ0v) is 9.57. The first-order valence-electron chi connectivity index (χ1n) is 4.02. The largest absolute Gasteiger partial charge is 0.427 e. The number of rotatable bonds is 1. The van der Waals surface area contributed by atoms with Crippen molar-refractivity contribution in [3.63, 3.8) is 0 Å². The lowest BCUT2D eigenvalue weighted by atomic mass is 9.89. The van der Waals surface area contributed by atoms with Gasteiger partial charge in [0.05, 0.1) is 0 Å². The van der Waals surface area contributed by atoms with Crippen molar-refractivity contribution in [2.75, 3.05) is 0 Å². The highest BCUT2D eigenvalue weighted by atomic mass is 79.9. The number of halogens is 4. The molecule has 0 amide bonds. The van der Waals surface area contributed by atoms with Crippen LogP contribution in [0.5, 0.6) is 0 Å². The quantitative estimate of drug-likeness (QED) is 0.793. The summed E-state index contributed by atoms with van der Waals surface area (Å²) in [6, 6.07) is 2.21. The number of alkyl halides is 3. The average Bonchev–Trinajstić information content (AvgIpc) is 1.99. The molecule has 0 bridgehead atoms. The predicted octanol–water partition coefficient (Wildman–Crippen LogP) is 3.24. The molecular weight excluding hydrogens is 277 g/mol. The van der Waals surface area contributed by atoms with Gasteiger partial charge >= 0.3 is 11.8 Å². The molecule has 0 aliphatic rings. The predicted molar refractivity (Wildman–Crippen MR) is 51.8 cm³/mol. The van der Waals surface area contributed by atoms with Gasteiger partial charge in [-0.05, 0) is 19.9 Å². The molecule has 0 unspecified atom stereocenters. The van der Waals surface area contributed by atoms with Crippen molar-refractivity contribution in [2.24, 2.45) is 0 Å². The Morgan fingerprint density at radius 3 is 2.20 bits per heavy atom. The van der Waals surface area contributed by atoms with E-state index >= 15 is 0 Å². The third-order valence-electron chi connectivity index (χ3n) is 2.06. The van der Waals surface area contributed by atoms with Gasteiger partial charge in [-0.3, -0.25) is 0 Å². The summed E-state index contributed by atoms with van der Waals surface area (Å²) in [5.74, 6) is -0.408. The van der Waals surface area contributed by atoms with Gasteiger partial charge in [-0.25, -0.2) is 4.79 Å². The van der Waals surface area contributed by atoms with Gasteiger partial charge in [-0.15, -0.1) is 0 Å². The Balaban J connectivity index is 3.33. The second-order valence-corrected chi connectivity index (χ2v) is 4.50. The van der Waals surface area contributed by atoms with Gasteiger partial charge in [0.2, 0.25) is 0 Å². The van der Waals surface area contributed by atoms with E-state index < -0.39 is 23.0 Å². The summed E-state index contributed by atoms with van der Waals surface area (Å²) in [6.45, 7) is 1.91. The third-order valence-corrected chi connectivity index (χ3v) is 2.52. The smallest absolute Gasteiger partial charge is 0.400 e. The molecule has 0 N–H and O–H groups in total. The maximum absolute atomic E-state index is 12.6. The lowest BCUT2D eigenvalue weighted by Gasteiger charge is -2.26. The molecule has 6 heteroatoms. The number of hydrogen-bond acceptors (Lipinski definition) is 2. The van der Waals surface area contributed by atoms with Crippen LogP contribution in [0, 0.1) is 0 Å². The summed E-state index contributed by atoms with van der Waals surface area (Å²) >= 11 is 2.94. The Morgan fingerprint density at radius 1 is 1.27 bits per heavy atom. The summed E-state index contributed by atoms with van der Waals surface area (Å²) in [5, 5.41) is 0. The molecule has 0 radical (unpaired) electrons. The summed E-state index contributed by atoms with van der Waals surface area (Å²) in [7, 11) is 0. The molecule has 0 saturated heterocycles. The molecule has 0 aliphatic carbocycles. The average molecular weight is 285 g/mol. The zero-order chi connectivity index (χ0) is 11.9. The summed E-state index contributed by atoms with van der Waals surface area (Å²) in [5.41, 5.74) is -2.99. The molecule has 1 heterocycles. The molecule has 0 fully saturated rings. The van der Waals surface area contributed by atoms with E-state index in [1.54, 1.807) is 0 Å². The van der Waals surface area contributed by atoms with E-state index in [0.717, 1.165) is 26.0 Å². The highest BCUT2D eigenvalue weighted by Crippen LogP contribution is 2.40. The molecule has 1 aromatic heterocycles. The highest BCUT2D eigenvalue weighted by molar-refractivity contribution is 9.10. The second kappa shape index (κ2) is 3.66. The van der Waals surface area contributed by atoms with Gasteiger partial charge in [0.1, 0.15) is 11.2 Å². The van der Waals surface area contributed by atoms with Gasteiger partial charge in [-0.1, -0.05) is 15.9 Å². The maximum Gasteiger partial charge on any atom is 0.400 e. The standard InChI is InChI=1S/C9H8BrF3O2/c1-8(2,9(11,12)13)6-3-5(10)4-7(14)15-6/h3-4H,1-2H3. The van der Waals surface area contributed by atoms with Crippen molar-refractivity contribution in [2.45, 2.75) is 25.4 Å². The first-order chi connectivity index (χ1) is 6.64. The Labute approximate surface area is 92.2 Å². The van der Waals surface area contributed by atoms with E-state index in [0.29, 0.717) is 0 Å². The van der Waals surface area contributed by atoms with Gasteiger partial charge in [0.15, 0.2) is 0 Å². The summed E-state index contributed by atoms with van der Waals surface area (Å²) in [4.78, 5) is 10.9. The fourth-order valence-electron chi connectivity index (χ4n) is 0.894. The van der Waals surface area contributed by atoms with Crippen LogP contribution in [-0.2, 0) is 5.41 Å². The van der Waals surface area contributed by atoms with E-state index in [9.17, 15) is 18.0 Å². The molecule has 15 heavy (non-hydrogen) atoms. The molecule has 1 aromatic rings. The molecule has 2 nitrogen and oxygen atoms in total. The Bertz CT molecular complexity index is 420. The van der Waals surface area contributed by atoms with Crippen LogP contribution >= 0.6 is 15.9 Å². The minimum Gasteiger partial charge on any atom is -0.427 e. The van der Waals surface area contributed by atoms with Crippen LogP contribution in [0.3, 0.4) is 0 Å². The van der Waals surface area contributed by atoms with E-state index in [1.165, 1.54) is 0 Å². The Morgan fingerprint density at radius 2 is 1.80 bits per heavy atom. The molecule has 0 aliphatic heterocycles. The fourth-order valence-corrected chi connectivity index (χ4v) is 1.29. The molecule has 0 spiro atoms. The molecule has 0 aromatic carbocycles. The molecule has 1 rings (SSSR count). The van der Waals surface area contributed by atoms with Gasteiger partial charge in [0.25, 0.3) is 0 Å². The summed E-state index contributed by atoms with van der Waals surface area (Å²) < 4.78 is 42.6. The van der Waals surface area contributed by atoms with Crippen molar-refractivity contribution in [3.8, 4) is 0 Å².